The van der Waals surface area contributed by atoms with Gasteiger partial charge in [-0.15, -0.1) is 0 Å². The standard InChI is InChI=1S/C18H24N2/c1-15-11-12-17(14-18(15)20(2)3)19-13-7-10-16-8-5-4-6-9-16/h4-6,8-9,11-12,14,19H,7,10,13H2,1-3H3. The summed E-state index contributed by atoms with van der Waals surface area (Å²) in [5, 5.41) is 3.51. The highest BCUT2D eigenvalue weighted by Crippen LogP contribution is 2.22. The lowest BCUT2D eigenvalue weighted by atomic mass is 10.1. The third-order valence-corrected chi connectivity index (χ3v) is 3.51. The van der Waals surface area contributed by atoms with Crippen LogP contribution >= 0.6 is 0 Å². The van der Waals surface area contributed by atoms with Gasteiger partial charge in [-0.05, 0) is 43.0 Å². The predicted molar refractivity (Wildman–Crippen MR) is 88.8 cm³/mol. The SMILES string of the molecule is Cc1ccc(NCCCc2ccccc2)cc1N(C)C. The van der Waals surface area contributed by atoms with E-state index >= 15 is 0 Å². The Morgan fingerprint density at radius 1 is 1.00 bits per heavy atom. The van der Waals surface area contributed by atoms with E-state index in [9.17, 15) is 0 Å². The summed E-state index contributed by atoms with van der Waals surface area (Å²) in [6.07, 6.45) is 2.27. The molecule has 0 aliphatic heterocycles. The zero-order chi connectivity index (χ0) is 14.4. The zero-order valence-electron chi connectivity index (χ0n) is 12.7. The maximum Gasteiger partial charge on any atom is 0.0411 e. The normalized spacial score (nSPS) is 10.3. The number of nitrogens with zero attached hydrogens (tertiary/aromatic N) is 1. The molecule has 0 aromatic heterocycles. The van der Waals surface area contributed by atoms with Crippen molar-refractivity contribution in [3.8, 4) is 0 Å². The molecule has 106 valence electrons. The highest BCUT2D eigenvalue weighted by molar-refractivity contribution is 5.61. The van der Waals surface area contributed by atoms with Gasteiger partial charge in [0.25, 0.3) is 0 Å². The van der Waals surface area contributed by atoms with E-state index in [4.69, 9.17) is 0 Å². The maximum absolute atomic E-state index is 3.51. The van der Waals surface area contributed by atoms with Crippen LogP contribution in [0.3, 0.4) is 0 Å². The molecule has 0 aliphatic carbocycles. The number of nitrogens with one attached hydrogen (secondary N) is 1. The zero-order valence-corrected chi connectivity index (χ0v) is 12.7. The van der Waals surface area contributed by atoms with Gasteiger partial charge in [-0.2, -0.15) is 0 Å². The molecule has 0 spiro atoms. The van der Waals surface area contributed by atoms with E-state index in [0.717, 1.165) is 19.4 Å². The molecule has 0 heterocycles. The smallest absolute Gasteiger partial charge is 0.0411 e. The second kappa shape index (κ2) is 6.99. The molecule has 20 heavy (non-hydrogen) atoms. The minimum Gasteiger partial charge on any atom is -0.385 e. The molecule has 0 radical (unpaired) electrons. The first-order chi connectivity index (χ1) is 9.66. The van der Waals surface area contributed by atoms with Crippen LogP contribution in [0.4, 0.5) is 11.4 Å². The van der Waals surface area contributed by atoms with Crippen LogP contribution in [-0.4, -0.2) is 20.6 Å². The van der Waals surface area contributed by atoms with Crippen LogP contribution < -0.4 is 10.2 Å². The van der Waals surface area contributed by atoms with Gasteiger partial charge in [-0.1, -0.05) is 36.4 Å². The Morgan fingerprint density at radius 3 is 2.45 bits per heavy atom. The average Bonchev–Trinajstić information content (AvgIpc) is 2.46. The second-order valence-electron chi connectivity index (χ2n) is 5.41. The number of anilines is 2. The Bertz CT molecular complexity index is 532. The summed E-state index contributed by atoms with van der Waals surface area (Å²) >= 11 is 0. The Balaban J connectivity index is 1.84. The van der Waals surface area contributed by atoms with Gasteiger partial charge < -0.3 is 10.2 Å². The van der Waals surface area contributed by atoms with Gasteiger partial charge >= 0.3 is 0 Å². The molecule has 2 rings (SSSR count). The second-order valence-corrected chi connectivity index (χ2v) is 5.41. The van der Waals surface area contributed by atoms with E-state index in [1.165, 1.54) is 22.5 Å². The molecule has 0 saturated heterocycles. The fraction of sp³-hybridized carbons (Fsp3) is 0.333. The molecule has 2 heteroatoms. The molecule has 0 amide bonds. The molecular weight excluding hydrogens is 244 g/mol. The van der Waals surface area contributed by atoms with E-state index in [-0.39, 0.29) is 0 Å². The van der Waals surface area contributed by atoms with Gasteiger partial charge in [-0.25, -0.2) is 0 Å². The van der Waals surface area contributed by atoms with Crippen LogP contribution in [-0.2, 0) is 6.42 Å². The lowest BCUT2D eigenvalue weighted by molar-refractivity contribution is 0.863. The van der Waals surface area contributed by atoms with Crippen LogP contribution in [0.15, 0.2) is 48.5 Å². The van der Waals surface area contributed by atoms with Crippen molar-refractivity contribution < 1.29 is 0 Å². The van der Waals surface area contributed by atoms with Gasteiger partial charge in [0.1, 0.15) is 0 Å². The van der Waals surface area contributed by atoms with Crippen LogP contribution in [0.25, 0.3) is 0 Å². The first-order valence-electron chi connectivity index (χ1n) is 7.22. The molecule has 0 atom stereocenters. The Kier molecular flexibility index (Phi) is 5.05. The number of benzene rings is 2. The molecule has 0 bridgehead atoms. The third kappa shape index (κ3) is 4.02. The fourth-order valence-corrected chi connectivity index (χ4v) is 2.37. The quantitative estimate of drug-likeness (QED) is 0.793. The topological polar surface area (TPSA) is 15.3 Å². The largest absolute Gasteiger partial charge is 0.385 e. The summed E-state index contributed by atoms with van der Waals surface area (Å²) in [6.45, 7) is 3.15. The van der Waals surface area contributed by atoms with Crippen molar-refractivity contribution in [1.29, 1.82) is 0 Å². The van der Waals surface area contributed by atoms with Crippen LogP contribution in [0.2, 0.25) is 0 Å². The lowest BCUT2D eigenvalue weighted by Crippen LogP contribution is -2.11. The fourth-order valence-electron chi connectivity index (χ4n) is 2.37. The lowest BCUT2D eigenvalue weighted by Gasteiger charge is -2.17. The molecule has 2 nitrogen and oxygen atoms in total. The Hall–Kier alpha value is -1.96. The van der Waals surface area contributed by atoms with Gasteiger partial charge in [-0.3, -0.25) is 0 Å². The summed E-state index contributed by atoms with van der Waals surface area (Å²) in [6, 6.07) is 17.2. The van der Waals surface area contributed by atoms with E-state index in [1.807, 2.05) is 0 Å². The van der Waals surface area contributed by atoms with Crippen molar-refractivity contribution in [1.82, 2.24) is 0 Å². The van der Waals surface area contributed by atoms with Crippen molar-refractivity contribution in [3.63, 3.8) is 0 Å². The molecule has 2 aromatic carbocycles. The average molecular weight is 268 g/mol. The molecule has 1 N–H and O–H groups in total. The minimum atomic E-state index is 1.00. The Labute approximate surface area is 122 Å². The summed E-state index contributed by atoms with van der Waals surface area (Å²) in [4.78, 5) is 2.16. The molecule has 0 unspecified atom stereocenters. The van der Waals surface area contributed by atoms with Crippen LogP contribution in [0.1, 0.15) is 17.5 Å². The molecule has 2 aromatic rings. The summed E-state index contributed by atoms with van der Waals surface area (Å²) < 4.78 is 0. The third-order valence-electron chi connectivity index (χ3n) is 3.51. The van der Waals surface area contributed by atoms with Crippen molar-refractivity contribution >= 4 is 11.4 Å². The highest BCUT2D eigenvalue weighted by Gasteiger charge is 2.02. The molecule has 0 saturated carbocycles. The van der Waals surface area contributed by atoms with E-state index in [0.29, 0.717) is 0 Å². The monoisotopic (exact) mass is 268 g/mol. The first kappa shape index (κ1) is 14.4. The number of rotatable bonds is 6. The summed E-state index contributed by atoms with van der Waals surface area (Å²) in [5.41, 5.74) is 5.20. The number of aryl methyl sites for hydroxylation is 2. The Morgan fingerprint density at radius 2 is 1.75 bits per heavy atom. The van der Waals surface area contributed by atoms with Crippen LogP contribution in [0.5, 0.6) is 0 Å². The highest BCUT2D eigenvalue weighted by atomic mass is 15.1. The van der Waals surface area contributed by atoms with Crippen LogP contribution in [0, 0.1) is 6.92 Å². The van der Waals surface area contributed by atoms with Gasteiger partial charge in [0.05, 0.1) is 0 Å². The minimum absolute atomic E-state index is 1.00. The molecule has 0 fully saturated rings. The van der Waals surface area contributed by atoms with Crippen molar-refractivity contribution in [2.24, 2.45) is 0 Å². The summed E-state index contributed by atoms with van der Waals surface area (Å²) in [5.74, 6) is 0. The van der Waals surface area contributed by atoms with Gasteiger partial charge in [0, 0.05) is 32.0 Å². The van der Waals surface area contributed by atoms with E-state index in [1.54, 1.807) is 0 Å². The first-order valence-corrected chi connectivity index (χ1v) is 7.22. The molecular formula is C18H24N2. The van der Waals surface area contributed by atoms with Gasteiger partial charge in [0.15, 0.2) is 0 Å². The number of hydrogen-bond donors (Lipinski definition) is 1. The van der Waals surface area contributed by atoms with E-state index < -0.39 is 0 Å². The predicted octanol–water partition coefficient (Wildman–Crippen LogP) is 4.11. The molecule has 0 aliphatic rings. The maximum atomic E-state index is 3.51. The van der Waals surface area contributed by atoms with Gasteiger partial charge in [0.2, 0.25) is 0 Å². The van der Waals surface area contributed by atoms with Crippen molar-refractivity contribution in [2.75, 3.05) is 30.9 Å². The van der Waals surface area contributed by atoms with E-state index in [2.05, 4.69) is 79.8 Å². The van der Waals surface area contributed by atoms with Crippen molar-refractivity contribution in [2.45, 2.75) is 19.8 Å². The van der Waals surface area contributed by atoms with Crippen molar-refractivity contribution in [3.05, 3.63) is 59.7 Å². The number of hydrogen-bond acceptors (Lipinski definition) is 2. The summed E-state index contributed by atoms with van der Waals surface area (Å²) in [7, 11) is 4.17.